The van der Waals surface area contributed by atoms with Crippen LogP contribution in [0.15, 0.2) is 97.7 Å². The van der Waals surface area contributed by atoms with E-state index in [0.717, 1.165) is 32.5 Å². The summed E-state index contributed by atoms with van der Waals surface area (Å²) in [5, 5.41) is 14.1. The van der Waals surface area contributed by atoms with Gasteiger partial charge in [0.1, 0.15) is 5.82 Å². The molecule has 6 aromatic rings. The Morgan fingerprint density at radius 3 is 2.47 bits per heavy atom. The van der Waals surface area contributed by atoms with Crippen LogP contribution in [0.3, 0.4) is 0 Å². The molecule has 1 amide bonds. The van der Waals surface area contributed by atoms with E-state index in [4.69, 9.17) is 4.98 Å². The van der Waals surface area contributed by atoms with Gasteiger partial charge in [-0.3, -0.25) is 14.9 Å². The van der Waals surface area contributed by atoms with Gasteiger partial charge in [0.15, 0.2) is 5.82 Å². The Hall–Kier alpha value is -4.89. The van der Waals surface area contributed by atoms with Crippen molar-refractivity contribution >= 4 is 44.5 Å². The summed E-state index contributed by atoms with van der Waals surface area (Å²) in [6.07, 6.45) is 8.68. The Labute approximate surface area is 210 Å². The monoisotopic (exact) mass is 489 g/mol. The number of nitrogens with zero attached hydrogens (tertiary/aromatic N) is 4. The van der Waals surface area contributed by atoms with E-state index in [0.29, 0.717) is 22.2 Å². The second-order valence-corrected chi connectivity index (χ2v) is 9.09. The van der Waals surface area contributed by atoms with Crippen molar-refractivity contribution in [3.63, 3.8) is 0 Å². The van der Waals surface area contributed by atoms with Crippen LogP contribution in [-0.4, -0.2) is 31.1 Å². The van der Waals surface area contributed by atoms with E-state index in [2.05, 4.69) is 30.8 Å². The summed E-state index contributed by atoms with van der Waals surface area (Å²) in [5.74, 6) is 1.15. The standard InChI is InChI=1S/C27H19N7OS/c35-27(33-22-7-10-28-11-8-22)24-13-18-1-2-19(14-23(18)36-24)26-29-12-9-25(34-26)32-21-5-3-17(4-6-21)20-15-30-31-16-20/h1-16H,(H,30,31)(H,28,33,35)(H,29,32,34). The molecule has 0 saturated carbocycles. The fourth-order valence-corrected chi connectivity index (χ4v) is 4.78. The number of fused-ring (bicyclic) bond motifs is 1. The van der Waals surface area contributed by atoms with Gasteiger partial charge in [0.2, 0.25) is 0 Å². The second kappa shape index (κ2) is 9.40. The SMILES string of the molecule is O=C(Nc1ccncc1)c1cc2ccc(-c3nccc(Nc4ccc(-c5cn[nH]c5)cc4)n3)cc2s1. The van der Waals surface area contributed by atoms with Crippen molar-refractivity contribution < 1.29 is 4.79 Å². The molecule has 0 aliphatic carbocycles. The first-order chi connectivity index (χ1) is 17.7. The number of rotatable bonds is 6. The van der Waals surface area contributed by atoms with Crippen LogP contribution in [0.5, 0.6) is 0 Å². The van der Waals surface area contributed by atoms with Crippen LogP contribution in [0.2, 0.25) is 0 Å². The Bertz CT molecular complexity index is 1650. The van der Waals surface area contributed by atoms with Crippen LogP contribution in [0, 0.1) is 0 Å². The summed E-state index contributed by atoms with van der Waals surface area (Å²) < 4.78 is 0.990. The fraction of sp³-hybridized carbons (Fsp3) is 0. The number of nitrogens with one attached hydrogen (secondary N) is 3. The molecular weight excluding hydrogens is 470 g/mol. The minimum absolute atomic E-state index is 0.148. The zero-order valence-corrected chi connectivity index (χ0v) is 19.7. The summed E-state index contributed by atoms with van der Waals surface area (Å²) in [5.41, 5.74) is 4.63. The summed E-state index contributed by atoms with van der Waals surface area (Å²) >= 11 is 1.43. The average Bonchev–Trinajstić information content (AvgIpc) is 3.60. The highest BCUT2D eigenvalue weighted by atomic mass is 32.1. The van der Waals surface area contributed by atoms with E-state index in [1.165, 1.54) is 11.3 Å². The number of carbonyl (C=O) groups excluding carboxylic acids is 1. The first-order valence-corrected chi connectivity index (χ1v) is 12.0. The maximum absolute atomic E-state index is 12.7. The molecule has 0 radical (unpaired) electrons. The number of anilines is 3. The topological polar surface area (TPSA) is 108 Å². The summed E-state index contributed by atoms with van der Waals surface area (Å²) in [6, 6.07) is 21.3. The summed E-state index contributed by atoms with van der Waals surface area (Å²) in [6.45, 7) is 0. The van der Waals surface area contributed by atoms with Crippen LogP contribution in [0.1, 0.15) is 9.67 Å². The third kappa shape index (κ3) is 4.55. The Morgan fingerprint density at radius 2 is 1.67 bits per heavy atom. The van der Waals surface area contributed by atoms with E-state index in [1.807, 2.05) is 60.8 Å². The fourth-order valence-electron chi connectivity index (χ4n) is 3.78. The third-order valence-electron chi connectivity index (χ3n) is 5.58. The van der Waals surface area contributed by atoms with Gasteiger partial charge in [-0.1, -0.05) is 24.3 Å². The van der Waals surface area contributed by atoms with Crippen molar-refractivity contribution in [2.45, 2.75) is 0 Å². The molecule has 0 atom stereocenters. The lowest BCUT2D eigenvalue weighted by molar-refractivity contribution is 0.103. The molecule has 6 rings (SSSR count). The van der Waals surface area contributed by atoms with Crippen molar-refractivity contribution in [3.8, 4) is 22.5 Å². The smallest absolute Gasteiger partial charge is 0.265 e. The van der Waals surface area contributed by atoms with Crippen molar-refractivity contribution in [1.82, 2.24) is 25.1 Å². The third-order valence-corrected chi connectivity index (χ3v) is 6.68. The second-order valence-electron chi connectivity index (χ2n) is 8.01. The number of aromatic amines is 1. The predicted octanol–water partition coefficient (Wildman–Crippen LogP) is 6.14. The number of amides is 1. The zero-order valence-electron chi connectivity index (χ0n) is 18.8. The van der Waals surface area contributed by atoms with Gasteiger partial charge < -0.3 is 10.6 Å². The molecule has 0 unspecified atom stereocenters. The summed E-state index contributed by atoms with van der Waals surface area (Å²) in [4.78, 5) is 26.5. The predicted molar refractivity (Wildman–Crippen MR) is 142 cm³/mol. The molecule has 3 N–H and O–H groups in total. The van der Waals surface area contributed by atoms with Crippen LogP contribution in [-0.2, 0) is 0 Å². The highest BCUT2D eigenvalue weighted by Gasteiger charge is 2.12. The molecule has 4 heterocycles. The molecule has 0 fully saturated rings. The van der Waals surface area contributed by atoms with Gasteiger partial charge in [-0.2, -0.15) is 5.10 Å². The quantitative estimate of drug-likeness (QED) is 0.259. The maximum Gasteiger partial charge on any atom is 0.265 e. The number of hydrogen-bond donors (Lipinski definition) is 3. The first kappa shape index (κ1) is 21.6. The minimum Gasteiger partial charge on any atom is -0.340 e. The summed E-state index contributed by atoms with van der Waals surface area (Å²) in [7, 11) is 0. The van der Waals surface area contributed by atoms with E-state index >= 15 is 0 Å². The van der Waals surface area contributed by atoms with Gasteiger partial charge in [-0.15, -0.1) is 11.3 Å². The van der Waals surface area contributed by atoms with Crippen LogP contribution in [0.25, 0.3) is 32.6 Å². The zero-order chi connectivity index (χ0) is 24.3. The van der Waals surface area contributed by atoms with Gasteiger partial charge >= 0.3 is 0 Å². The highest BCUT2D eigenvalue weighted by Crippen LogP contribution is 2.30. The van der Waals surface area contributed by atoms with E-state index in [1.54, 1.807) is 36.9 Å². The molecule has 9 heteroatoms. The molecule has 2 aromatic carbocycles. The lowest BCUT2D eigenvalue weighted by Gasteiger charge is -2.08. The number of pyridine rings is 1. The molecule has 0 spiro atoms. The first-order valence-electron chi connectivity index (χ1n) is 11.2. The van der Waals surface area contributed by atoms with Crippen LogP contribution in [0.4, 0.5) is 17.2 Å². The maximum atomic E-state index is 12.7. The average molecular weight is 490 g/mol. The molecule has 0 aliphatic rings. The van der Waals surface area contributed by atoms with Gasteiger partial charge in [0.05, 0.1) is 11.1 Å². The number of benzene rings is 2. The van der Waals surface area contributed by atoms with E-state index in [-0.39, 0.29) is 5.91 Å². The van der Waals surface area contributed by atoms with Crippen molar-refractivity contribution in [3.05, 3.63) is 103 Å². The normalized spacial score (nSPS) is 10.9. The molecule has 4 aromatic heterocycles. The van der Waals surface area contributed by atoms with E-state index in [9.17, 15) is 4.79 Å². The van der Waals surface area contributed by atoms with E-state index < -0.39 is 0 Å². The van der Waals surface area contributed by atoms with Crippen molar-refractivity contribution in [1.29, 1.82) is 0 Å². The molecule has 0 bridgehead atoms. The lowest BCUT2D eigenvalue weighted by atomic mass is 10.1. The van der Waals surface area contributed by atoms with Crippen LogP contribution < -0.4 is 10.6 Å². The van der Waals surface area contributed by atoms with Gasteiger partial charge in [0.25, 0.3) is 5.91 Å². The largest absolute Gasteiger partial charge is 0.340 e. The Balaban J connectivity index is 1.21. The number of hydrogen-bond acceptors (Lipinski definition) is 7. The number of H-pyrrole nitrogens is 1. The molecular formula is C27H19N7OS. The number of carbonyl (C=O) groups is 1. The molecule has 174 valence electrons. The highest BCUT2D eigenvalue weighted by molar-refractivity contribution is 7.21. The molecule has 36 heavy (non-hydrogen) atoms. The van der Waals surface area contributed by atoms with Gasteiger partial charge in [-0.05, 0) is 53.4 Å². The minimum atomic E-state index is -0.148. The number of aromatic nitrogens is 5. The Morgan fingerprint density at radius 1 is 0.833 bits per heavy atom. The lowest BCUT2D eigenvalue weighted by Crippen LogP contribution is -2.09. The van der Waals surface area contributed by atoms with Crippen LogP contribution >= 0.6 is 11.3 Å². The molecule has 8 nitrogen and oxygen atoms in total. The van der Waals surface area contributed by atoms with Gasteiger partial charge in [0, 0.05) is 52.0 Å². The molecule has 0 saturated heterocycles. The van der Waals surface area contributed by atoms with Crippen molar-refractivity contribution in [2.24, 2.45) is 0 Å². The van der Waals surface area contributed by atoms with Gasteiger partial charge in [-0.25, -0.2) is 9.97 Å². The number of thiophene rings is 1. The van der Waals surface area contributed by atoms with Crippen molar-refractivity contribution in [2.75, 3.05) is 10.6 Å². The molecule has 0 aliphatic heterocycles. The Kier molecular flexibility index (Phi) is 5.65.